The molecule has 1 heterocycles. The number of aryl methyl sites for hydroxylation is 1. The first-order valence-corrected chi connectivity index (χ1v) is 11.8. The molecule has 1 amide bonds. The first kappa shape index (κ1) is 21.5. The van der Waals surface area contributed by atoms with Crippen molar-refractivity contribution in [3.05, 3.63) is 113 Å². The van der Waals surface area contributed by atoms with E-state index in [1.165, 1.54) is 22.1 Å². The van der Waals surface area contributed by atoms with Crippen LogP contribution in [0.4, 0.5) is 5.69 Å². The van der Waals surface area contributed by atoms with Gasteiger partial charge in [-0.15, -0.1) is 0 Å². The zero-order chi connectivity index (χ0) is 23.2. The van der Waals surface area contributed by atoms with Crippen molar-refractivity contribution < 1.29 is 4.79 Å². The van der Waals surface area contributed by atoms with E-state index in [0.717, 1.165) is 23.1 Å². The minimum absolute atomic E-state index is 0.148. The number of carbonyl (C=O) groups excluding carboxylic acids is 1. The van der Waals surface area contributed by atoms with Crippen molar-refractivity contribution >= 4 is 22.4 Å². The van der Waals surface area contributed by atoms with E-state index in [2.05, 4.69) is 105 Å². The van der Waals surface area contributed by atoms with Crippen molar-refractivity contribution in [2.45, 2.75) is 51.5 Å². The van der Waals surface area contributed by atoms with Crippen LogP contribution in [-0.2, 0) is 16.6 Å². The minimum atomic E-state index is -0.324. The Morgan fingerprint density at radius 1 is 0.818 bits per heavy atom. The smallest absolute Gasteiger partial charge is 0.231 e. The molecule has 0 bridgehead atoms. The lowest BCUT2D eigenvalue weighted by atomic mass is 9.65. The molecule has 1 aliphatic heterocycles. The van der Waals surface area contributed by atoms with E-state index in [1.54, 1.807) is 0 Å². The Kier molecular flexibility index (Phi) is 5.12. The number of nitrogens with zero attached hydrogens (tertiary/aromatic N) is 1. The molecule has 166 valence electrons. The standard InChI is InChI=1S/C31H31NO/c1-22-16-18-25(19-17-22)31(4)21-30(2,3)32(28-15-8-7-14-27(28)31)29(33)20-24-12-9-11-23-10-5-6-13-26(23)24/h5-19H,20-21H2,1-4H3/t31-/m1/s1. The minimum Gasteiger partial charge on any atom is -0.306 e. The molecular formula is C31H31NO. The van der Waals surface area contributed by atoms with Crippen LogP contribution >= 0.6 is 0 Å². The summed E-state index contributed by atoms with van der Waals surface area (Å²) in [6, 6.07) is 31.9. The summed E-state index contributed by atoms with van der Waals surface area (Å²) in [5, 5.41) is 2.33. The van der Waals surface area contributed by atoms with Crippen LogP contribution in [0, 0.1) is 6.92 Å². The van der Waals surface area contributed by atoms with Crippen LogP contribution in [0.3, 0.4) is 0 Å². The van der Waals surface area contributed by atoms with Gasteiger partial charge in [0.25, 0.3) is 0 Å². The van der Waals surface area contributed by atoms with Crippen LogP contribution in [0.1, 0.15) is 49.4 Å². The summed E-state index contributed by atoms with van der Waals surface area (Å²) in [6.45, 7) is 8.86. The van der Waals surface area contributed by atoms with Gasteiger partial charge in [0.2, 0.25) is 5.91 Å². The fourth-order valence-electron chi connectivity index (χ4n) is 5.84. The molecule has 2 nitrogen and oxygen atoms in total. The summed E-state index contributed by atoms with van der Waals surface area (Å²) in [7, 11) is 0. The number of rotatable bonds is 3. The number of hydrogen-bond acceptors (Lipinski definition) is 1. The van der Waals surface area contributed by atoms with E-state index in [-0.39, 0.29) is 16.9 Å². The number of fused-ring (bicyclic) bond motifs is 2. The topological polar surface area (TPSA) is 20.3 Å². The highest BCUT2D eigenvalue weighted by Gasteiger charge is 2.47. The van der Waals surface area contributed by atoms with Gasteiger partial charge < -0.3 is 4.90 Å². The van der Waals surface area contributed by atoms with Crippen LogP contribution in [0.5, 0.6) is 0 Å². The van der Waals surface area contributed by atoms with Crippen molar-refractivity contribution in [1.82, 2.24) is 0 Å². The largest absolute Gasteiger partial charge is 0.306 e. The average molecular weight is 434 g/mol. The Bertz CT molecular complexity index is 1330. The summed E-state index contributed by atoms with van der Waals surface area (Å²) < 4.78 is 0. The molecule has 2 heteroatoms. The SMILES string of the molecule is Cc1ccc([C@@]2(C)CC(C)(C)N(C(=O)Cc3cccc4ccccc34)c3ccccc32)cc1. The predicted octanol–water partition coefficient (Wildman–Crippen LogP) is 7.21. The molecule has 0 fully saturated rings. The van der Waals surface area contributed by atoms with Crippen LogP contribution < -0.4 is 4.90 Å². The monoisotopic (exact) mass is 433 g/mol. The maximum absolute atomic E-state index is 13.9. The Morgan fingerprint density at radius 2 is 1.48 bits per heavy atom. The molecule has 0 N–H and O–H groups in total. The number of benzene rings is 4. The zero-order valence-corrected chi connectivity index (χ0v) is 19.9. The van der Waals surface area contributed by atoms with Crippen LogP contribution in [0.25, 0.3) is 10.8 Å². The number of amides is 1. The highest BCUT2D eigenvalue weighted by Crippen LogP contribution is 2.50. The van der Waals surface area contributed by atoms with E-state index in [1.807, 2.05) is 18.2 Å². The molecule has 5 rings (SSSR count). The van der Waals surface area contributed by atoms with Gasteiger partial charge in [-0.1, -0.05) is 97.4 Å². The molecule has 1 atom stereocenters. The summed E-state index contributed by atoms with van der Waals surface area (Å²) in [4.78, 5) is 16.0. The number of hydrogen-bond donors (Lipinski definition) is 0. The van der Waals surface area contributed by atoms with Crippen molar-refractivity contribution in [1.29, 1.82) is 0 Å². The third-order valence-electron chi connectivity index (χ3n) is 7.29. The van der Waals surface area contributed by atoms with Crippen molar-refractivity contribution in [2.75, 3.05) is 4.90 Å². The summed E-state index contributed by atoms with van der Waals surface area (Å²) in [5.41, 5.74) is 5.41. The fourth-order valence-corrected chi connectivity index (χ4v) is 5.84. The summed E-state index contributed by atoms with van der Waals surface area (Å²) >= 11 is 0. The second kappa shape index (κ2) is 7.88. The molecule has 0 spiro atoms. The van der Waals surface area contributed by atoms with Crippen LogP contribution in [-0.4, -0.2) is 11.4 Å². The van der Waals surface area contributed by atoms with Gasteiger partial charge in [0.15, 0.2) is 0 Å². The lowest BCUT2D eigenvalue weighted by Gasteiger charge is -2.51. The van der Waals surface area contributed by atoms with Gasteiger partial charge in [0.05, 0.1) is 6.42 Å². The van der Waals surface area contributed by atoms with Crippen molar-refractivity contribution in [3.63, 3.8) is 0 Å². The molecule has 33 heavy (non-hydrogen) atoms. The Labute approximate surface area is 196 Å². The van der Waals surface area contributed by atoms with E-state index in [0.29, 0.717) is 6.42 Å². The molecule has 0 unspecified atom stereocenters. The average Bonchev–Trinajstić information content (AvgIpc) is 2.79. The fraction of sp³-hybridized carbons (Fsp3) is 0.258. The van der Waals surface area contributed by atoms with E-state index >= 15 is 0 Å². The molecule has 4 aromatic carbocycles. The molecular weight excluding hydrogens is 402 g/mol. The Morgan fingerprint density at radius 3 is 2.27 bits per heavy atom. The molecule has 0 saturated carbocycles. The molecule has 0 aromatic heterocycles. The second-order valence-electron chi connectivity index (χ2n) is 10.2. The lowest BCUT2D eigenvalue weighted by Crippen LogP contribution is -2.56. The Hall–Kier alpha value is -3.39. The van der Waals surface area contributed by atoms with Crippen molar-refractivity contribution in [2.24, 2.45) is 0 Å². The van der Waals surface area contributed by atoms with Gasteiger partial charge >= 0.3 is 0 Å². The van der Waals surface area contributed by atoms with Gasteiger partial charge in [-0.2, -0.15) is 0 Å². The highest BCUT2D eigenvalue weighted by atomic mass is 16.2. The van der Waals surface area contributed by atoms with Gasteiger partial charge in [0.1, 0.15) is 0 Å². The van der Waals surface area contributed by atoms with E-state index in [9.17, 15) is 4.79 Å². The lowest BCUT2D eigenvalue weighted by molar-refractivity contribution is -0.119. The molecule has 1 aliphatic rings. The third kappa shape index (κ3) is 3.64. The molecule has 4 aromatic rings. The van der Waals surface area contributed by atoms with Crippen LogP contribution in [0.15, 0.2) is 91.0 Å². The zero-order valence-electron chi connectivity index (χ0n) is 19.9. The van der Waals surface area contributed by atoms with E-state index in [4.69, 9.17) is 0 Å². The maximum atomic E-state index is 13.9. The van der Waals surface area contributed by atoms with Gasteiger partial charge in [-0.25, -0.2) is 0 Å². The van der Waals surface area contributed by atoms with Crippen molar-refractivity contribution in [3.8, 4) is 0 Å². The first-order chi connectivity index (χ1) is 15.8. The summed E-state index contributed by atoms with van der Waals surface area (Å²) in [5.74, 6) is 0.148. The quantitative estimate of drug-likeness (QED) is 0.334. The van der Waals surface area contributed by atoms with E-state index < -0.39 is 0 Å². The number of para-hydroxylation sites is 1. The first-order valence-electron chi connectivity index (χ1n) is 11.8. The van der Waals surface area contributed by atoms with Crippen LogP contribution in [0.2, 0.25) is 0 Å². The predicted molar refractivity (Wildman–Crippen MR) is 138 cm³/mol. The Balaban J connectivity index is 1.59. The van der Waals surface area contributed by atoms with Gasteiger partial charge in [-0.05, 0) is 60.7 Å². The van der Waals surface area contributed by atoms with Gasteiger partial charge in [0, 0.05) is 16.6 Å². The number of carbonyl (C=O) groups is 1. The molecule has 0 aliphatic carbocycles. The third-order valence-corrected chi connectivity index (χ3v) is 7.29. The molecule has 0 radical (unpaired) electrons. The second-order valence-corrected chi connectivity index (χ2v) is 10.2. The normalized spacial score (nSPS) is 19.3. The molecule has 0 saturated heterocycles. The maximum Gasteiger partial charge on any atom is 0.231 e. The van der Waals surface area contributed by atoms with Gasteiger partial charge in [-0.3, -0.25) is 4.79 Å². The highest BCUT2D eigenvalue weighted by molar-refractivity contribution is 6.00. The number of anilines is 1. The summed E-state index contributed by atoms with van der Waals surface area (Å²) in [6.07, 6.45) is 1.25.